The van der Waals surface area contributed by atoms with Gasteiger partial charge in [-0.1, -0.05) is 388 Å². The number of esters is 4. The molecule has 17 nitrogen and oxygen atoms in total. The number of phosphoric acid groups is 2. The summed E-state index contributed by atoms with van der Waals surface area (Å²) in [5.74, 6) is -0.555. The minimum absolute atomic E-state index is 0.107. The van der Waals surface area contributed by atoms with E-state index in [0.29, 0.717) is 25.7 Å². The fourth-order valence-electron chi connectivity index (χ4n) is 12.9. The highest BCUT2D eigenvalue weighted by Crippen LogP contribution is 2.45. The fourth-order valence-corrected chi connectivity index (χ4v) is 14.4. The molecule has 0 aromatic heterocycles. The molecule has 0 spiro atoms. The van der Waals surface area contributed by atoms with Gasteiger partial charge in [0.25, 0.3) is 0 Å². The van der Waals surface area contributed by atoms with Crippen molar-refractivity contribution in [3.8, 4) is 0 Å². The summed E-state index contributed by atoms with van der Waals surface area (Å²) in [4.78, 5) is 73.1. The van der Waals surface area contributed by atoms with Crippen molar-refractivity contribution in [2.45, 2.75) is 458 Å². The van der Waals surface area contributed by atoms with E-state index in [2.05, 4.69) is 41.5 Å². The molecule has 6 atom stereocenters. The molecule has 0 aliphatic heterocycles. The zero-order valence-electron chi connectivity index (χ0n) is 66.9. The molecule has 3 unspecified atom stereocenters. The molecule has 0 aliphatic rings. The molecule has 0 fully saturated rings. The molecule has 102 heavy (non-hydrogen) atoms. The quantitative estimate of drug-likeness (QED) is 0.0222. The second-order valence-corrected chi connectivity index (χ2v) is 33.5. The predicted molar refractivity (Wildman–Crippen MR) is 418 cm³/mol. The smallest absolute Gasteiger partial charge is 0.462 e. The van der Waals surface area contributed by atoms with Gasteiger partial charge in [-0.05, 0) is 37.5 Å². The molecule has 19 heteroatoms. The summed E-state index contributed by atoms with van der Waals surface area (Å²) >= 11 is 0. The maximum atomic E-state index is 13.1. The first kappa shape index (κ1) is 100. The van der Waals surface area contributed by atoms with Crippen molar-refractivity contribution >= 4 is 39.5 Å². The van der Waals surface area contributed by atoms with E-state index in [0.717, 1.165) is 108 Å². The number of rotatable bonds is 82. The van der Waals surface area contributed by atoms with Crippen LogP contribution in [0.2, 0.25) is 0 Å². The van der Waals surface area contributed by atoms with Gasteiger partial charge in [0.05, 0.1) is 26.4 Å². The predicted octanol–water partition coefficient (Wildman–Crippen LogP) is 25.1. The second kappa shape index (κ2) is 74.5. The van der Waals surface area contributed by atoms with Crippen LogP contribution in [0, 0.1) is 11.8 Å². The van der Waals surface area contributed by atoms with Crippen LogP contribution >= 0.6 is 15.6 Å². The maximum absolute atomic E-state index is 13.1. The molecular weight excluding hydrogens is 1330 g/mol. The fraction of sp³-hybridized carbons (Fsp3) is 0.952. The number of hydrogen-bond donors (Lipinski definition) is 3. The molecule has 0 saturated heterocycles. The number of phosphoric ester groups is 2. The third-order valence-electron chi connectivity index (χ3n) is 19.8. The average Bonchev–Trinajstić information content (AvgIpc) is 0.989. The van der Waals surface area contributed by atoms with Crippen LogP contribution in [-0.4, -0.2) is 96.7 Å². The van der Waals surface area contributed by atoms with Crippen LogP contribution in [0.15, 0.2) is 0 Å². The lowest BCUT2D eigenvalue weighted by molar-refractivity contribution is -0.161. The third kappa shape index (κ3) is 74.9. The van der Waals surface area contributed by atoms with Gasteiger partial charge in [0, 0.05) is 25.7 Å². The number of aliphatic hydroxyl groups excluding tert-OH is 1. The van der Waals surface area contributed by atoms with Crippen molar-refractivity contribution in [2.24, 2.45) is 11.8 Å². The molecule has 0 aliphatic carbocycles. The number of aliphatic hydroxyl groups is 1. The first-order valence-corrected chi connectivity index (χ1v) is 46.0. The van der Waals surface area contributed by atoms with Crippen LogP contribution in [0.4, 0.5) is 0 Å². The minimum atomic E-state index is -4.96. The lowest BCUT2D eigenvalue weighted by Crippen LogP contribution is -2.30. The van der Waals surface area contributed by atoms with Crippen molar-refractivity contribution in [1.29, 1.82) is 0 Å². The van der Waals surface area contributed by atoms with Gasteiger partial charge in [-0.2, -0.15) is 0 Å². The number of carbonyl (C=O) groups is 4. The van der Waals surface area contributed by atoms with E-state index >= 15 is 0 Å². The van der Waals surface area contributed by atoms with Crippen LogP contribution in [0.5, 0.6) is 0 Å². The summed E-state index contributed by atoms with van der Waals surface area (Å²) in [7, 11) is -9.92. The molecule has 0 aromatic rings. The monoisotopic (exact) mass is 1490 g/mol. The van der Waals surface area contributed by atoms with E-state index in [1.807, 2.05) is 0 Å². The molecule has 0 amide bonds. The summed E-state index contributed by atoms with van der Waals surface area (Å²) in [5.41, 5.74) is 0. The Kier molecular flexibility index (Phi) is 73.1. The van der Waals surface area contributed by atoms with Gasteiger partial charge < -0.3 is 33.8 Å². The van der Waals surface area contributed by atoms with Crippen LogP contribution in [0.3, 0.4) is 0 Å². The van der Waals surface area contributed by atoms with Gasteiger partial charge >= 0.3 is 39.5 Å². The van der Waals surface area contributed by atoms with Gasteiger partial charge in [0.1, 0.15) is 19.3 Å². The Bertz CT molecular complexity index is 1960. The van der Waals surface area contributed by atoms with Gasteiger partial charge in [0.15, 0.2) is 12.2 Å². The van der Waals surface area contributed by atoms with Crippen molar-refractivity contribution in [3.05, 3.63) is 0 Å². The zero-order chi connectivity index (χ0) is 74.9. The standard InChI is InChI=1S/C83H162O17P2/c1-7-10-12-14-16-18-20-22-23-24-28-31-35-38-42-46-53-59-65-80(85)93-71-78(99-82(87)68-62-56-48-44-40-36-32-29-26-25-27-30-34-37-41-45-51-57-63-75(4)5)73-97-101(89,90)95-69-77(84)70-96-102(91,92)98-74-79(72-94-81(86)66-60-54-50-49-52-58-64-76(6)9-3)100-83(88)67-61-55-47-43-39-33-21-19-17-15-13-11-8-2/h75-79,84H,7-74H2,1-6H3,(H,89,90)(H,91,92)/t76?,77-,78-,79-/m1/s1. The Morgan fingerprint density at radius 2 is 0.500 bits per heavy atom. The summed E-state index contributed by atoms with van der Waals surface area (Å²) in [6, 6.07) is 0. The normalized spacial score (nSPS) is 14.1. The van der Waals surface area contributed by atoms with E-state index < -0.39 is 97.5 Å². The van der Waals surface area contributed by atoms with E-state index in [1.165, 1.54) is 250 Å². The van der Waals surface area contributed by atoms with Crippen molar-refractivity contribution < 1.29 is 80.2 Å². The molecule has 606 valence electrons. The third-order valence-corrected chi connectivity index (χ3v) is 21.7. The summed E-state index contributed by atoms with van der Waals surface area (Å²) in [6.45, 7) is 9.65. The number of ether oxygens (including phenoxy) is 4. The minimum Gasteiger partial charge on any atom is -0.462 e. The summed E-state index contributed by atoms with van der Waals surface area (Å²) in [5, 5.41) is 10.6. The highest BCUT2D eigenvalue weighted by atomic mass is 31.2. The summed E-state index contributed by atoms with van der Waals surface area (Å²) < 4.78 is 68.8. The van der Waals surface area contributed by atoms with Crippen molar-refractivity contribution in [3.63, 3.8) is 0 Å². The van der Waals surface area contributed by atoms with Gasteiger partial charge in [0.2, 0.25) is 0 Å². The van der Waals surface area contributed by atoms with Gasteiger partial charge in [-0.3, -0.25) is 37.3 Å². The molecule has 0 radical (unpaired) electrons. The molecule has 0 rings (SSSR count). The van der Waals surface area contributed by atoms with Crippen molar-refractivity contribution in [2.75, 3.05) is 39.6 Å². The van der Waals surface area contributed by atoms with Crippen LogP contribution in [0.25, 0.3) is 0 Å². The lowest BCUT2D eigenvalue weighted by atomic mass is 10.00. The Morgan fingerprint density at radius 3 is 0.745 bits per heavy atom. The van der Waals surface area contributed by atoms with E-state index in [-0.39, 0.29) is 25.7 Å². The van der Waals surface area contributed by atoms with Crippen LogP contribution in [-0.2, 0) is 65.4 Å². The Balaban J connectivity index is 5.22. The lowest BCUT2D eigenvalue weighted by Gasteiger charge is -2.21. The van der Waals surface area contributed by atoms with E-state index in [9.17, 15) is 43.2 Å². The Morgan fingerprint density at radius 1 is 0.284 bits per heavy atom. The number of carbonyl (C=O) groups excluding carboxylic acids is 4. The highest BCUT2D eigenvalue weighted by Gasteiger charge is 2.30. The second-order valence-electron chi connectivity index (χ2n) is 30.6. The largest absolute Gasteiger partial charge is 0.472 e. The molecule has 0 aromatic carbocycles. The van der Waals surface area contributed by atoms with Gasteiger partial charge in [-0.15, -0.1) is 0 Å². The Labute approximate surface area is 626 Å². The van der Waals surface area contributed by atoms with E-state index in [4.69, 9.17) is 37.0 Å². The maximum Gasteiger partial charge on any atom is 0.472 e. The molecular formula is C83H162O17P2. The number of hydrogen-bond acceptors (Lipinski definition) is 15. The zero-order valence-corrected chi connectivity index (χ0v) is 68.7. The molecule has 0 saturated carbocycles. The topological polar surface area (TPSA) is 237 Å². The Hall–Kier alpha value is -1.94. The SMILES string of the molecule is CCCCCCCCCCCCCCCCCCCCC(=O)OC[C@H](COP(=O)(O)OC[C@@H](O)COP(=O)(O)OC[C@@H](COC(=O)CCCCCCCCC(C)CC)OC(=O)CCCCCCCCCCCCCCC)OC(=O)CCCCCCCCCCCCCCCCCCCCC(C)C. The number of unbranched alkanes of at least 4 members (excludes halogenated alkanes) is 51. The summed E-state index contributed by atoms with van der Waals surface area (Å²) in [6.07, 6.45) is 65.3. The first-order chi connectivity index (χ1) is 49.4. The molecule has 0 bridgehead atoms. The van der Waals surface area contributed by atoms with Crippen LogP contribution in [0.1, 0.15) is 440 Å². The van der Waals surface area contributed by atoms with Gasteiger partial charge in [-0.25, -0.2) is 9.13 Å². The van der Waals surface area contributed by atoms with Crippen LogP contribution < -0.4 is 0 Å². The van der Waals surface area contributed by atoms with Crippen molar-refractivity contribution in [1.82, 2.24) is 0 Å². The molecule has 0 heterocycles. The average molecular weight is 1490 g/mol. The first-order valence-electron chi connectivity index (χ1n) is 43.0. The van der Waals surface area contributed by atoms with E-state index in [1.54, 1.807) is 0 Å². The highest BCUT2D eigenvalue weighted by molar-refractivity contribution is 7.47. The molecule has 3 N–H and O–H groups in total.